The smallest absolute Gasteiger partial charge is 0.315 e. The van der Waals surface area contributed by atoms with E-state index in [1.54, 1.807) is 18.5 Å². The zero-order valence-electron chi connectivity index (χ0n) is 11.9. The number of hydrogen-bond acceptors (Lipinski definition) is 2. The van der Waals surface area contributed by atoms with Crippen molar-refractivity contribution in [1.82, 2.24) is 9.78 Å². The molecule has 0 spiro atoms. The maximum absolute atomic E-state index is 11.4. The van der Waals surface area contributed by atoms with E-state index in [1.807, 2.05) is 38.1 Å². The zero-order valence-corrected chi connectivity index (χ0v) is 13.5. The second-order valence-corrected chi connectivity index (χ2v) is 6.22. The lowest BCUT2D eigenvalue weighted by Gasteiger charge is -2.16. The summed E-state index contributed by atoms with van der Waals surface area (Å²) in [6.07, 6.45) is 0. The summed E-state index contributed by atoms with van der Waals surface area (Å²) in [6.45, 7) is 7.24. The third kappa shape index (κ3) is 2.38. The van der Waals surface area contributed by atoms with Crippen molar-refractivity contribution in [2.75, 3.05) is 0 Å². The molecular weight excluding hydrogens is 320 g/mol. The minimum absolute atomic E-state index is 0.531. The Morgan fingerprint density at radius 3 is 2.55 bits per heavy atom. The molecule has 1 N–H and O–H groups in total. The van der Waals surface area contributed by atoms with Crippen molar-refractivity contribution in [3.05, 3.63) is 45.7 Å². The monoisotopic (exact) mass is 336 g/mol. The summed E-state index contributed by atoms with van der Waals surface area (Å²) in [4.78, 5) is 11.4. The van der Waals surface area contributed by atoms with Gasteiger partial charge in [-0.3, -0.25) is 4.79 Å². The predicted molar refractivity (Wildman–Crippen MR) is 81.4 cm³/mol. The Hall–Kier alpha value is -1.62. The molecule has 0 bridgehead atoms. The van der Waals surface area contributed by atoms with Crippen LogP contribution in [0.3, 0.4) is 0 Å². The van der Waals surface area contributed by atoms with Crippen LogP contribution in [0.5, 0.6) is 0 Å². The highest BCUT2D eigenvalue weighted by molar-refractivity contribution is 9.10. The van der Waals surface area contributed by atoms with Crippen molar-refractivity contribution in [1.29, 1.82) is 0 Å². The molecular formula is C15H17BrN2O2. The van der Waals surface area contributed by atoms with Crippen molar-refractivity contribution in [3.8, 4) is 5.69 Å². The molecule has 20 heavy (non-hydrogen) atoms. The molecule has 0 saturated heterocycles. The number of carbonyl (C=O) groups is 1. The van der Waals surface area contributed by atoms with Crippen molar-refractivity contribution in [2.24, 2.45) is 0 Å². The Morgan fingerprint density at radius 1 is 1.35 bits per heavy atom. The molecule has 1 heterocycles. The normalized spacial score (nSPS) is 11.7. The molecule has 1 aromatic carbocycles. The number of hydrogen-bond donors (Lipinski definition) is 1. The molecule has 0 saturated carbocycles. The van der Waals surface area contributed by atoms with Crippen LogP contribution in [0.4, 0.5) is 0 Å². The van der Waals surface area contributed by atoms with Crippen LogP contribution in [0.1, 0.15) is 30.8 Å². The summed E-state index contributed by atoms with van der Waals surface area (Å²) in [5.74, 6) is -0.896. The largest absolute Gasteiger partial charge is 0.481 e. The molecule has 0 radical (unpaired) electrons. The standard InChI is InChI=1S/C15H17BrN2O2/c1-9-6-5-7-11(8-9)18-10(2)12(16)13(17-18)15(3,4)14(19)20/h5-8H,1-4H3,(H,19,20). The van der Waals surface area contributed by atoms with E-state index in [2.05, 4.69) is 21.0 Å². The highest BCUT2D eigenvalue weighted by atomic mass is 79.9. The lowest BCUT2D eigenvalue weighted by molar-refractivity contribution is -0.142. The van der Waals surface area contributed by atoms with E-state index in [9.17, 15) is 9.90 Å². The first-order valence-corrected chi connectivity index (χ1v) is 7.10. The molecule has 0 fully saturated rings. The van der Waals surface area contributed by atoms with Crippen LogP contribution in [-0.2, 0) is 10.2 Å². The lowest BCUT2D eigenvalue weighted by Crippen LogP contribution is -2.29. The first-order valence-electron chi connectivity index (χ1n) is 6.31. The number of rotatable bonds is 3. The summed E-state index contributed by atoms with van der Waals surface area (Å²) in [5.41, 5.74) is 2.44. The summed E-state index contributed by atoms with van der Waals surface area (Å²) in [7, 11) is 0. The van der Waals surface area contributed by atoms with Crippen LogP contribution in [0.25, 0.3) is 5.69 Å². The molecule has 0 aliphatic heterocycles. The van der Waals surface area contributed by atoms with Gasteiger partial charge in [0.1, 0.15) is 5.41 Å². The first kappa shape index (κ1) is 14.8. The fraction of sp³-hybridized carbons (Fsp3) is 0.333. The minimum atomic E-state index is -1.04. The van der Waals surface area contributed by atoms with Crippen LogP contribution in [0.2, 0.25) is 0 Å². The van der Waals surface area contributed by atoms with E-state index in [-0.39, 0.29) is 0 Å². The quantitative estimate of drug-likeness (QED) is 0.931. The maximum atomic E-state index is 11.4. The summed E-state index contributed by atoms with van der Waals surface area (Å²) >= 11 is 3.47. The summed E-state index contributed by atoms with van der Waals surface area (Å²) in [6, 6.07) is 7.95. The Morgan fingerprint density at radius 2 is 2.00 bits per heavy atom. The Bertz CT molecular complexity index is 675. The van der Waals surface area contributed by atoms with Crippen molar-refractivity contribution in [3.63, 3.8) is 0 Å². The molecule has 4 nitrogen and oxygen atoms in total. The van der Waals surface area contributed by atoms with Gasteiger partial charge in [0.2, 0.25) is 0 Å². The van der Waals surface area contributed by atoms with Crippen LogP contribution in [0, 0.1) is 13.8 Å². The second-order valence-electron chi connectivity index (χ2n) is 5.43. The maximum Gasteiger partial charge on any atom is 0.315 e. The van der Waals surface area contributed by atoms with Crippen molar-refractivity contribution >= 4 is 21.9 Å². The number of aryl methyl sites for hydroxylation is 1. The minimum Gasteiger partial charge on any atom is -0.481 e. The van der Waals surface area contributed by atoms with Gasteiger partial charge >= 0.3 is 5.97 Å². The van der Waals surface area contributed by atoms with E-state index in [4.69, 9.17) is 0 Å². The molecule has 0 unspecified atom stereocenters. The lowest BCUT2D eigenvalue weighted by atomic mass is 9.89. The van der Waals surface area contributed by atoms with Crippen LogP contribution in [0.15, 0.2) is 28.7 Å². The van der Waals surface area contributed by atoms with E-state index in [1.165, 1.54) is 0 Å². The Labute approximate surface area is 126 Å². The fourth-order valence-corrected chi connectivity index (χ4v) is 2.74. The highest BCUT2D eigenvalue weighted by Crippen LogP contribution is 2.33. The number of aromatic nitrogens is 2. The fourth-order valence-electron chi connectivity index (χ4n) is 1.99. The Balaban J connectivity index is 2.62. The predicted octanol–water partition coefficient (Wildman–Crippen LogP) is 3.61. The molecule has 0 aliphatic carbocycles. The highest BCUT2D eigenvalue weighted by Gasteiger charge is 2.35. The zero-order chi connectivity index (χ0) is 15.1. The molecule has 0 amide bonds. The van der Waals surface area contributed by atoms with E-state index >= 15 is 0 Å². The van der Waals surface area contributed by atoms with E-state index in [0.717, 1.165) is 21.4 Å². The second kappa shape index (κ2) is 5.05. The van der Waals surface area contributed by atoms with Crippen LogP contribution < -0.4 is 0 Å². The molecule has 2 rings (SSSR count). The number of carboxylic acids is 1. The SMILES string of the molecule is Cc1cccc(-n2nc(C(C)(C)C(=O)O)c(Br)c2C)c1. The number of aliphatic carboxylic acids is 1. The topological polar surface area (TPSA) is 55.1 Å². The molecule has 5 heteroatoms. The number of halogens is 1. The molecule has 1 aromatic heterocycles. The molecule has 2 aromatic rings. The van der Waals surface area contributed by atoms with Gasteiger partial charge in [0.25, 0.3) is 0 Å². The molecule has 0 aliphatic rings. The number of nitrogens with zero attached hydrogens (tertiary/aromatic N) is 2. The number of carboxylic acid groups (broad SMARTS) is 1. The van der Waals surface area contributed by atoms with Crippen molar-refractivity contribution < 1.29 is 9.90 Å². The van der Waals surface area contributed by atoms with Gasteiger partial charge in [-0.25, -0.2) is 4.68 Å². The van der Waals surface area contributed by atoms with Gasteiger partial charge < -0.3 is 5.11 Å². The third-order valence-corrected chi connectivity index (χ3v) is 4.37. The van der Waals surface area contributed by atoms with E-state index < -0.39 is 11.4 Å². The van der Waals surface area contributed by atoms with Gasteiger partial charge in [-0.2, -0.15) is 5.10 Å². The van der Waals surface area contributed by atoms with Gasteiger partial charge in [-0.1, -0.05) is 12.1 Å². The van der Waals surface area contributed by atoms with Gasteiger partial charge in [0.05, 0.1) is 21.5 Å². The first-order chi connectivity index (χ1) is 9.25. The third-order valence-electron chi connectivity index (χ3n) is 3.42. The number of benzene rings is 1. The van der Waals surface area contributed by atoms with Crippen molar-refractivity contribution in [2.45, 2.75) is 33.1 Å². The average Bonchev–Trinajstić information content (AvgIpc) is 2.67. The van der Waals surface area contributed by atoms with Crippen LogP contribution >= 0.6 is 15.9 Å². The van der Waals surface area contributed by atoms with Gasteiger partial charge in [0.15, 0.2) is 0 Å². The van der Waals surface area contributed by atoms with Crippen LogP contribution in [-0.4, -0.2) is 20.9 Å². The van der Waals surface area contributed by atoms with E-state index in [0.29, 0.717) is 5.69 Å². The average molecular weight is 337 g/mol. The van der Waals surface area contributed by atoms with Gasteiger partial charge in [-0.05, 0) is 61.3 Å². The van der Waals surface area contributed by atoms with Gasteiger partial charge in [-0.15, -0.1) is 0 Å². The summed E-state index contributed by atoms with van der Waals surface area (Å²) < 4.78 is 2.52. The molecule has 0 atom stereocenters. The summed E-state index contributed by atoms with van der Waals surface area (Å²) in [5, 5.41) is 13.9. The molecule has 106 valence electrons. The van der Waals surface area contributed by atoms with Gasteiger partial charge in [0, 0.05) is 0 Å². The Kier molecular flexibility index (Phi) is 3.73.